The second kappa shape index (κ2) is 5.21. The first-order valence-corrected chi connectivity index (χ1v) is 5.27. The summed E-state index contributed by atoms with van der Waals surface area (Å²) in [5.74, 6) is 0. The molecule has 0 saturated carbocycles. The topological polar surface area (TPSA) is 63.2 Å². The Morgan fingerprint density at radius 1 is 1.23 bits per heavy atom. The minimum atomic E-state index is -4.40. The molecular weight excluding hydrogens is 266 g/mol. The van der Waals surface area contributed by atoms with Crippen molar-refractivity contribution in [3.05, 3.63) is 35.4 Å². The first-order chi connectivity index (χ1) is 5.47. The minimum Gasteiger partial charge on any atom is -0.810 e. The number of hydrogen-bond donors (Lipinski definition) is 0. The standard InChI is InChI=1S/C8H11O3P.Zr/c1-7-2-4-8(5-3-7)6-12(9,10)11;/h2-5H,6H2,1H3,(H2,9,10,11);/q;+2/p-2. The zero-order valence-electron chi connectivity index (χ0n) is 7.19. The van der Waals surface area contributed by atoms with Crippen LogP contribution in [0.1, 0.15) is 11.1 Å². The number of rotatable bonds is 2. The van der Waals surface area contributed by atoms with Gasteiger partial charge in [-0.3, -0.25) is 0 Å². The summed E-state index contributed by atoms with van der Waals surface area (Å²) in [7, 11) is -4.40. The van der Waals surface area contributed by atoms with Crippen LogP contribution >= 0.6 is 7.60 Å². The maximum absolute atomic E-state index is 10.4. The molecule has 0 heterocycles. The predicted octanol–water partition coefficient (Wildman–Crippen LogP) is 0.406. The Bertz CT molecular complexity index is 304. The van der Waals surface area contributed by atoms with E-state index in [9.17, 15) is 14.4 Å². The SMILES string of the molecule is Cc1ccc(CP(=O)([O-])[O-])cc1.[Zr+2]. The van der Waals surface area contributed by atoms with Gasteiger partial charge in [-0.2, -0.15) is 0 Å². The van der Waals surface area contributed by atoms with Crippen LogP contribution in [0.15, 0.2) is 24.3 Å². The number of aryl methyl sites for hydroxylation is 1. The maximum Gasteiger partial charge on any atom is 2.00 e. The van der Waals surface area contributed by atoms with Gasteiger partial charge in [0.05, 0.1) is 0 Å². The second-order valence-corrected chi connectivity index (χ2v) is 4.29. The summed E-state index contributed by atoms with van der Waals surface area (Å²) in [5, 5.41) is 0. The van der Waals surface area contributed by atoms with Gasteiger partial charge >= 0.3 is 26.2 Å². The van der Waals surface area contributed by atoms with Gasteiger partial charge in [0.1, 0.15) is 0 Å². The molecule has 1 rings (SSSR count). The normalized spacial score (nSPS) is 10.7. The predicted molar refractivity (Wildman–Crippen MR) is 42.5 cm³/mol. The summed E-state index contributed by atoms with van der Waals surface area (Å²) in [6.45, 7) is 1.90. The quantitative estimate of drug-likeness (QED) is 0.734. The molecule has 0 radical (unpaired) electrons. The van der Waals surface area contributed by atoms with Crippen LogP contribution in [0, 0.1) is 6.92 Å². The van der Waals surface area contributed by atoms with Gasteiger partial charge in [-0.25, -0.2) is 0 Å². The Kier molecular flexibility index (Phi) is 5.31. The van der Waals surface area contributed by atoms with Crippen LogP contribution < -0.4 is 9.79 Å². The van der Waals surface area contributed by atoms with Crippen molar-refractivity contribution < 1.29 is 40.6 Å². The van der Waals surface area contributed by atoms with E-state index in [0.29, 0.717) is 5.56 Å². The molecule has 0 atom stereocenters. The third kappa shape index (κ3) is 5.54. The van der Waals surface area contributed by atoms with Crippen LogP contribution in [-0.2, 0) is 36.9 Å². The van der Waals surface area contributed by atoms with Crippen molar-refractivity contribution in [2.24, 2.45) is 0 Å². The zero-order chi connectivity index (χ0) is 9.19. The Balaban J connectivity index is 0.00000144. The maximum atomic E-state index is 10.4. The van der Waals surface area contributed by atoms with Crippen molar-refractivity contribution in [3.8, 4) is 0 Å². The fraction of sp³-hybridized carbons (Fsp3) is 0.250. The molecule has 0 aliphatic rings. The molecule has 1 aromatic carbocycles. The van der Waals surface area contributed by atoms with Gasteiger partial charge < -0.3 is 14.4 Å². The molecular formula is C8H9O3PZr. The van der Waals surface area contributed by atoms with Crippen LogP contribution in [0.3, 0.4) is 0 Å². The second-order valence-electron chi connectivity index (χ2n) is 2.75. The third-order valence-corrected chi connectivity index (χ3v) is 2.25. The summed E-state index contributed by atoms with van der Waals surface area (Å²) in [4.78, 5) is 20.7. The molecule has 1 aromatic rings. The van der Waals surface area contributed by atoms with Gasteiger partial charge in [0, 0.05) is 6.16 Å². The van der Waals surface area contributed by atoms with Crippen LogP contribution in [0.25, 0.3) is 0 Å². The minimum absolute atomic E-state index is 0. The van der Waals surface area contributed by atoms with Gasteiger partial charge in [-0.1, -0.05) is 37.4 Å². The van der Waals surface area contributed by atoms with Crippen molar-refractivity contribution in [3.63, 3.8) is 0 Å². The van der Waals surface area contributed by atoms with Crippen LogP contribution in [0.4, 0.5) is 0 Å². The van der Waals surface area contributed by atoms with E-state index in [1.54, 1.807) is 24.3 Å². The van der Waals surface area contributed by atoms with E-state index in [1.165, 1.54) is 0 Å². The Morgan fingerprint density at radius 3 is 2.08 bits per heavy atom. The molecule has 0 N–H and O–H groups in total. The van der Waals surface area contributed by atoms with Crippen LogP contribution in [-0.4, -0.2) is 0 Å². The van der Waals surface area contributed by atoms with Gasteiger partial charge in [0.2, 0.25) is 0 Å². The molecule has 0 unspecified atom stereocenters. The Morgan fingerprint density at radius 2 is 1.69 bits per heavy atom. The van der Waals surface area contributed by atoms with E-state index in [0.717, 1.165) is 5.56 Å². The first-order valence-electron chi connectivity index (χ1n) is 3.54. The molecule has 0 amide bonds. The Hall–Kier alpha value is 0.253. The van der Waals surface area contributed by atoms with Gasteiger partial charge in [-0.05, 0) is 12.5 Å². The van der Waals surface area contributed by atoms with Crippen molar-refractivity contribution in [2.45, 2.75) is 13.1 Å². The molecule has 0 aromatic heterocycles. The van der Waals surface area contributed by atoms with E-state index in [4.69, 9.17) is 0 Å². The number of benzene rings is 1. The summed E-state index contributed by atoms with van der Waals surface area (Å²) >= 11 is 0. The van der Waals surface area contributed by atoms with Crippen molar-refractivity contribution in [2.75, 3.05) is 0 Å². The largest absolute Gasteiger partial charge is 2.00 e. The fourth-order valence-corrected chi connectivity index (χ4v) is 1.58. The average molecular weight is 275 g/mol. The van der Waals surface area contributed by atoms with Crippen molar-refractivity contribution in [1.29, 1.82) is 0 Å². The van der Waals surface area contributed by atoms with E-state index >= 15 is 0 Å². The zero-order valence-corrected chi connectivity index (χ0v) is 10.5. The molecule has 0 bridgehead atoms. The van der Waals surface area contributed by atoms with E-state index in [1.807, 2.05) is 6.92 Å². The van der Waals surface area contributed by atoms with E-state index in [2.05, 4.69) is 0 Å². The van der Waals surface area contributed by atoms with Gasteiger partial charge in [0.25, 0.3) is 0 Å². The third-order valence-electron chi connectivity index (χ3n) is 1.50. The molecule has 5 heteroatoms. The first kappa shape index (κ1) is 13.3. The smallest absolute Gasteiger partial charge is 0.810 e. The van der Waals surface area contributed by atoms with Crippen LogP contribution in [0.5, 0.6) is 0 Å². The summed E-state index contributed by atoms with van der Waals surface area (Å²) in [5.41, 5.74) is 1.60. The molecule has 0 aliphatic heterocycles. The van der Waals surface area contributed by atoms with Gasteiger partial charge in [-0.15, -0.1) is 0 Å². The molecule has 0 saturated heterocycles. The molecule has 13 heavy (non-hydrogen) atoms. The van der Waals surface area contributed by atoms with E-state index in [-0.39, 0.29) is 26.2 Å². The summed E-state index contributed by atoms with van der Waals surface area (Å²) < 4.78 is 10.4. The monoisotopic (exact) mass is 274 g/mol. The number of hydrogen-bond acceptors (Lipinski definition) is 3. The summed E-state index contributed by atoms with van der Waals surface area (Å²) in [6.07, 6.45) is -0.396. The molecule has 3 nitrogen and oxygen atoms in total. The molecule has 68 valence electrons. The van der Waals surface area contributed by atoms with Crippen molar-refractivity contribution >= 4 is 7.60 Å². The van der Waals surface area contributed by atoms with Gasteiger partial charge in [0.15, 0.2) is 0 Å². The molecule has 0 spiro atoms. The fourth-order valence-electron chi connectivity index (χ4n) is 0.917. The average Bonchev–Trinajstić information content (AvgIpc) is 1.91. The molecule has 0 fully saturated rings. The van der Waals surface area contributed by atoms with Crippen molar-refractivity contribution in [1.82, 2.24) is 0 Å². The Labute approximate surface area is 96.5 Å². The van der Waals surface area contributed by atoms with Crippen LogP contribution in [0.2, 0.25) is 0 Å². The molecule has 0 aliphatic carbocycles. The van der Waals surface area contributed by atoms with E-state index < -0.39 is 13.8 Å². The summed E-state index contributed by atoms with van der Waals surface area (Å²) in [6, 6.07) is 6.87.